The molecule has 0 aliphatic rings. The van der Waals surface area contributed by atoms with Crippen LogP contribution in [0.25, 0.3) is 0 Å². The van der Waals surface area contributed by atoms with Gasteiger partial charge in [-0.25, -0.2) is 4.39 Å². The Morgan fingerprint density at radius 3 is 2.73 bits per heavy atom. The number of rotatable bonds is 5. The minimum atomic E-state index is -0.709. The quantitative estimate of drug-likeness (QED) is 0.766. The van der Waals surface area contributed by atoms with Gasteiger partial charge in [0.15, 0.2) is 11.6 Å². The first-order valence-electron chi connectivity index (χ1n) is 4.81. The maximum absolute atomic E-state index is 13.3. The van der Waals surface area contributed by atoms with Crippen molar-refractivity contribution in [1.29, 1.82) is 0 Å². The molecule has 1 N–H and O–H groups in total. The smallest absolute Gasteiger partial charge is 0.165 e. The van der Waals surface area contributed by atoms with E-state index in [0.29, 0.717) is 5.56 Å². The van der Waals surface area contributed by atoms with Crippen LogP contribution in [-0.4, -0.2) is 18.4 Å². The SMILES string of the molecule is C[C@@H](O)c1ccc(OCCCF)c(F)c1. The molecule has 0 heterocycles. The van der Waals surface area contributed by atoms with Crippen LogP contribution in [0, 0.1) is 5.82 Å². The minimum absolute atomic E-state index is 0.0906. The molecule has 0 saturated carbocycles. The number of aliphatic hydroxyl groups is 1. The molecule has 4 heteroatoms. The van der Waals surface area contributed by atoms with E-state index in [9.17, 15) is 13.9 Å². The van der Waals surface area contributed by atoms with E-state index < -0.39 is 18.6 Å². The van der Waals surface area contributed by atoms with Gasteiger partial charge < -0.3 is 9.84 Å². The number of alkyl halides is 1. The number of aliphatic hydroxyl groups excluding tert-OH is 1. The normalized spacial score (nSPS) is 12.5. The van der Waals surface area contributed by atoms with Gasteiger partial charge in [-0.3, -0.25) is 4.39 Å². The van der Waals surface area contributed by atoms with Crippen LogP contribution in [0.5, 0.6) is 5.75 Å². The van der Waals surface area contributed by atoms with E-state index in [1.807, 2.05) is 0 Å². The van der Waals surface area contributed by atoms with Crippen molar-refractivity contribution in [2.24, 2.45) is 0 Å². The van der Waals surface area contributed by atoms with Crippen LogP contribution in [0.2, 0.25) is 0 Å². The molecule has 0 bridgehead atoms. The van der Waals surface area contributed by atoms with Crippen molar-refractivity contribution >= 4 is 0 Å². The van der Waals surface area contributed by atoms with Crippen LogP contribution in [0.1, 0.15) is 25.0 Å². The molecule has 0 radical (unpaired) electrons. The Morgan fingerprint density at radius 2 is 2.20 bits per heavy atom. The van der Waals surface area contributed by atoms with Crippen molar-refractivity contribution in [3.63, 3.8) is 0 Å². The lowest BCUT2D eigenvalue weighted by molar-refractivity contribution is 0.198. The van der Waals surface area contributed by atoms with Gasteiger partial charge in [-0.1, -0.05) is 6.07 Å². The first kappa shape index (κ1) is 11.9. The Hall–Kier alpha value is -1.16. The molecule has 1 aromatic carbocycles. The molecular weight excluding hydrogens is 202 g/mol. The number of benzene rings is 1. The Kier molecular flexibility index (Phi) is 4.49. The summed E-state index contributed by atoms with van der Waals surface area (Å²) in [5, 5.41) is 9.20. The Bertz CT molecular complexity index is 313. The van der Waals surface area contributed by atoms with Gasteiger partial charge in [0.1, 0.15) is 0 Å². The average molecular weight is 216 g/mol. The number of hydrogen-bond donors (Lipinski definition) is 1. The lowest BCUT2D eigenvalue weighted by Crippen LogP contribution is -2.01. The molecule has 2 nitrogen and oxygen atoms in total. The second kappa shape index (κ2) is 5.66. The van der Waals surface area contributed by atoms with Crippen molar-refractivity contribution in [3.8, 4) is 5.75 Å². The fraction of sp³-hybridized carbons (Fsp3) is 0.455. The molecule has 15 heavy (non-hydrogen) atoms. The summed E-state index contributed by atoms with van der Waals surface area (Å²) in [6.45, 7) is 1.23. The predicted octanol–water partition coefficient (Wildman–Crippen LogP) is 2.62. The van der Waals surface area contributed by atoms with Crippen molar-refractivity contribution in [1.82, 2.24) is 0 Å². The molecule has 0 unspecified atom stereocenters. The van der Waals surface area contributed by atoms with Gasteiger partial charge in [-0.05, 0) is 24.6 Å². The Morgan fingerprint density at radius 1 is 1.47 bits per heavy atom. The molecule has 0 amide bonds. The van der Waals surface area contributed by atoms with E-state index in [4.69, 9.17) is 4.74 Å². The molecular formula is C11H14F2O2. The minimum Gasteiger partial charge on any atom is -0.490 e. The molecule has 0 aliphatic heterocycles. The van der Waals surface area contributed by atoms with E-state index in [-0.39, 0.29) is 18.8 Å². The van der Waals surface area contributed by atoms with Crippen molar-refractivity contribution < 1.29 is 18.6 Å². The largest absolute Gasteiger partial charge is 0.490 e. The van der Waals surface area contributed by atoms with Gasteiger partial charge in [0, 0.05) is 6.42 Å². The average Bonchev–Trinajstić information content (AvgIpc) is 2.20. The van der Waals surface area contributed by atoms with Gasteiger partial charge in [0.05, 0.1) is 19.4 Å². The van der Waals surface area contributed by atoms with E-state index in [1.54, 1.807) is 13.0 Å². The number of hydrogen-bond acceptors (Lipinski definition) is 2. The van der Waals surface area contributed by atoms with Gasteiger partial charge >= 0.3 is 0 Å². The zero-order chi connectivity index (χ0) is 11.3. The van der Waals surface area contributed by atoms with Crippen LogP contribution < -0.4 is 4.74 Å². The van der Waals surface area contributed by atoms with Gasteiger partial charge in [-0.2, -0.15) is 0 Å². The van der Waals surface area contributed by atoms with Gasteiger partial charge in [-0.15, -0.1) is 0 Å². The molecule has 1 rings (SSSR count). The summed E-state index contributed by atoms with van der Waals surface area (Å²) in [6, 6.07) is 4.24. The summed E-state index contributed by atoms with van der Waals surface area (Å²) in [7, 11) is 0. The third kappa shape index (κ3) is 3.47. The summed E-state index contributed by atoms with van der Waals surface area (Å²) in [5.74, 6) is -0.444. The van der Waals surface area contributed by atoms with Crippen LogP contribution in [0.4, 0.5) is 8.78 Å². The van der Waals surface area contributed by atoms with Crippen molar-refractivity contribution in [2.75, 3.05) is 13.3 Å². The summed E-state index contributed by atoms with van der Waals surface area (Å²) >= 11 is 0. The van der Waals surface area contributed by atoms with Crippen LogP contribution >= 0.6 is 0 Å². The fourth-order valence-electron chi connectivity index (χ4n) is 1.13. The number of halogens is 2. The highest BCUT2D eigenvalue weighted by atomic mass is 19.1. The highest BCUT2D eigenvalue weighted by Gasteiger charge is 2.07. The lowest BCUT2D eigenvalue weighted by Gasteiger charge is -2.09. The van der Waals surface area contributed by atoms with E-state index in [1.165, 1.54) is 12.1 Å². The molecule has 1 aromatic rings. The highest BCUT2D eigenvalue weighted by molar-refractivity contribution is 5.30. The Balaban J connectivity index is 2.66. The molecule has 0 aromatic heterocycles. The lowest BCUT2D eigenvalue weighted by atomic mass is 10.1. The standard InChI is InChI=1S/C11H14F2O2/c1-8(14)9-3-4-11(10(13)7-9)15-6-2-5-12/h3-4,7-8,14H,2,5-6H2,1H3/t8-/m1/s1. The van der Waals surface area contributed by atoms with E-state index in [2.05, 4.69) is 0 Å². The maximum Gasteiger partial charge on any atom is 0.165 e. The first-order valence-corrected chi connectivity index (χ1v) is 4.81. The zero-order valence-electron chi connectivity index (χ0n) is 8.54. The van der Waals surface area contributed by atoms with Crippen molar-refractivity contribution in [2.45, 2.75) is 19.4 Å². The summed E-state index contributed by atoms with van der Waals surface area (Å²) < 4.78 is 30.1. The molecule has 84 valence electrons. The van der Waals surface area contributed by atoms with Crippen LogP contribution in [0.3, 0.4) is 0 Å². The van der Waals surface area contributed by atoms with Gasteiger partial charge in [0.25, 0.3) is 0 Å². The fourth-order valence-corrected chi connectivity index (χ4v) is 1.13. The van der Waals surface area contributed by atoms with E-state index >= 15 is 0 Å². The first-order chi connectivity index (χ1) is 7.15. The number of ether oxygens (including phenoxy) is 1. The Labute approximate surface area is 87.5 Å². The van der Waals surface area contributed by atoms with Gasteiger partial charge in [0.2, 0.25) is 0 Å². The van der Waals surface area contributed by atoms with Crippen LogP contribution in [0.15, 0.2) is 18.2 Å². The van der Waals surface area contributed by atoms with Crippen LogP contribution in [-0.2, 0) is 0 Å². The third-order valence-electron chi connectivity index (χ3n) is 1.97. The zero-order valence-corrected chi connectivity index (χ0v) is 8.54. The van der Waals surface area contributed by atoms with Crippen molar-refractivity contribution in [3.05, 3.63) is 29.6 Å². The molecule has 0 fully saturated rings. The topological polar surface area (TPSA) is 29.5 Å². The van der Waals surface area contributed by atoms with E-state index in [0.717, 1.165) is 0 Å². The molecule has 0 saturated heterocycles. The summed E-state index contributed by atoms with van der Waals surface area (Å²) in [6.07, 6.45) is -0.461. The second-order valence-corrected chi connectivity index (χ2v) is 3.26. The maximum atomic E-state index is 13.3. The second-order valence-electron chi connectivity index (χ2n) is 3.26. The monoisotopic (exact) mass is 216 g/mol. The predicted molar refractivity (Wildman–Crippen MR) is 53.1 cm³/mol. The molecule has 1 atom stereocenters. The highest BCUT2D eigenvalue weighted by Crippen LogP contribution is 2.21. The molecule has 0 aliphatic carbocycles. The summed E-state index contributed by atoms with van der Waals surface area (Å²) in [4.78, 5) is 0. The summed E-state index contributed by atoms with van der Waals surface area (Å²) in [5.41, 5.74) is 0.491. The third-order valence-corrected chi connectivity index (χ3v) is 1.97. The molecule has 0 spiro atoms.